The van der Waals surface area contributed by atoms with Gasteiger partial charge in [0.1, 0.15) is 16.6 Å². The Bertz CT molecular complexity index is 709. The lowest BCUT2D eigenvalue weighted by atomic mass is 9.91. The molecule has 128 valence electrons. The summed E-state index contributed by atoms with van der Waals surface area (Å²) < 4.78 is 12.9. The number of ketones is 1. The van der Waals surface area contributed by atoms with Gasteiger partial charge in [-0.15, -0.1) is 11.3 Å². The molecule has 0 aliphatic rings. The SMILES string of the molecule is CC(C)C[C@H](CC(=O)Cc1csc(-c2ccc(F)cc2)n1)C(=O)O. The van der Waals surface area contributed by atoms with Crippen molar-refractivity contribution < 1.29 is 19.1 Å². The highest BCUT2D eigenvalue weighted by Crippen LogP contribution is 2.25. The molecule has 4 nitrogen and oxygen atoms in total. The van der Waals surface area contributed by atoms with Crippen LogP contribution in [0.3, 0.4) is 0 Å². The van der Waals surface area contributed by atoms with Crippen LogP contribution in [0.2, 0.25) is 0 Å². The molecule has 24 heavy (non-hydrogen) atoms. The first kappa shape index (κ1) is 18.3. The molecule has 0 spiro atoms. The zero-order valence-electron chi connectivity index (χ0n) is 13.7. The number of thiazole rings is 1. The van der Waals surface area contributed by atoms with Gasteiger partial charge in [-0.1, -0.05) is 13.8 Å². The lowest BCUT2D eigenvalue weighted by Crippen LogP contribution is -2.20. The molecule has 1 aromatic heterocycles. The van der Waals surface area contributed by atoms with E-state index in [1.807, 2.05) is 13.8 Å². The molecule has 0 aliphatic carbocycles. The summed E-state index contributed by atoms with van der Waals surface area (Å²) in [6.07, 6.45) is 0.634. The number of hydrogen-bond acceptors (Lipinski definition) is 4. The first-order valence-corrected chi connectivity index (χ1v) is 8.68. The van der Waals surface area contributed by atoms with Crippen molar-refractivity contribution >= 4 is 23.1 Å². The number of rotatable bonds is 8. The third-order valence-corrected chi connectivity index (χ3v) is 4.54. The third-order valence-electron chi connectivity index (χ3n) is 3.60. The van der Waals surface area contributed by atoms with Crippen LogP contribution in [-0.4, -0.2) is 21.8 Å². The Labute approximate surface area is 144 Å². The summed E-state index contributed by atoms with van der Waals surface area (Å²) in [5.74, 6) is -1.78. The van der Waals surface area contributed by atoms with Gasteiger partial charge in [-0.25, -0.2) is 9.37 Å². The minimum Gasteiger partial charge on any atom is -0.481 e. The number of aliphatic carboxylic acids is 1. The van der Waals surface area contributed by atoms with Gasteiger partial charge in [0.05, 0.1) is 11.6 Å². The maximum Gasteiger partial charge on any atom is 0.306 e. The molecule has 6 heteroatoms. The predicted molar refractivity (Wildman–Crippen MR) is 91.4 cm³/mol. The van der Waals surface area contributed by atoms with E-state index in [4.69, 9.17) is 0 Å². The van der Waals surface area contributed by atoms with Crippen LogP contribution in [-0.2, 0) is 16.0 Å². The molecule has 0 bridgehead atoms. The van der Waals surface area contributed by atoms with Crippen molar-refractivity contribution in [3.05, 3.63) is 41.2 Å². The Hall–Kier alpha value is -2.08. The Morgan fingerprint density at radius 3 is 2.50 bits per heavy atom. The van der Waals surface area contributed by atoms with Crippen LogP contribution < -0.4 is 0 Å². The molecule has 0 aliphatic heterocycles. The van der Waals surface area contributed by atoms with Crippen molar-refractivity contribution in [2.45, 2.75) is 33.1 Å². The zero-order chi connectivity index (χ0) is 17.7. The lowest BCUT2D eigenvalue weighted by molar-refractivity contribution is -0.144. The molecular formula is C18H20FNO3S. The van der Waals surface area contributed by atoms with Crippen molar-refractivity contribution in [2.75, 3.05) is 0 Å². The molecule has 2 aromatic rings. The highest BCUT2D eigenvalue weighted by molar-refractivity contribution is 7.13. The number of carbonyl (C=O) groups is 2. The van der Waals surface area contributed by atoms with Crippen molar-refractivity contribution in [1.29, 1.82) is 0 Å². The Morgan fingerprint density at radius 2 is 1.92 bits per heavy atom. The number of hydrogen-bond donors (Lipinski definition) is 1. The topological polar surface area (TPSA) is 67.3 Å². The van der Waals surface area contributed by atoms with Crippen molar-refractivity contribution in [3.63, 3.8) is 0 Å². The summed E-state index contributed by atoms with van der Waals surface area (Å²) in [6, 6.07) is 6.02. The second-order valence-corrected chi connectivity index (χ2v) is 7.09. The number of carboxylic acid groups (broad SMARTS) is 1. The van der Waals surface area contributed by atoms with Gasteiger partial charge in [0.2, 0.25) is 0 Å². The normalized spacial score (nSPS) is 12.3. The maximum atomic E-state index is 12.9. The average Bonchev–Trinajstić information content (AvgIpc) is 2.95. The van der Waals surface area contributed by atoms with E-state index < -0.39 is 11.9 Å². The van der Waals surface area contributed by atoms with Gasteiger partial charge in [-0.3, -0.25) is 9.59 Å². The molecule has 0 fully saturated rings. The second-order valence-electron chi connectivity index (χ2n) is 6.24. The molecule has 1 heterocycles. The quantitative estimate of drug-likeness (QED) is 0.776. The molecule has 0 saturated carbocycles. The number of nitrogens with zero attached hydrogens (tertiary/aromatic N) is 1. The van der Waals surface area contributed by atoms with E-state index in [-0.39, 0.29) is 30.4 Å². The molecule has 1 aromatic carbocycles. The average molecular weight is 349 g/mol. The van der Waals surface area contributed by atoms with E-state index >= 15 is 0 Å². The molecule has 0 saturated heterocycles. The Kier molecular flexibility index (Phi) is 6.20. The van der Waals surface area contributed by atoms with E-state index in [2.05, 4.69) is 4.98 Å². The smallest absolute Gasteiger partial charge is 0.306 e. The van der Waals surface area contributed by atoms with Crippen molar-refractivity contribution in [2.24, 2.45) is 11.8 Å². The lowest BCUT2D eigenvalue weighted by Gasteiger charge is -2.13. The Balaban J connectivity index is 1.99. The van der Waals surface area contributed by atoms with E-state index in [0.29, 0.717) is 12.1 Å². The van der Waals surface area contributed by atoms with Crippen LogP contribution in [0.4, 0.5) is 4.39 Å². The van der Waals surface area contributed by atoms with Gasteiger partial charge in [0, 0.05) is 23.8 Å². The summed E-state index contributed by atoms with van der Waals surface area (Å²) in [6.45, 7) is 3.88. The minimum atomic E-state index is -0.928. The number of carbonyl (C=O) groups excluding carboxylic acids is 1. The van der Waals surface area contributed by atoms with Crippen molar-refractivity contribution in [1.82, 2.24) is 4.98 Å². The summed E-state index contributed by atoms with van der Waals surface area (Å²) in [5.41, 5.74) is 1.42. The van der Waals surface area contributed by atoms with Crippen LogP contribution in [0, 0.1) is 17.7 Å². The number of Topliss-reactive ketones (excluding diaryl/α,β-unsaturated/α-hetero) is 1. The monoisotopic (exact) mass is 349 g/mol. The number of carboxylic acids is 1. The minimum absolute atomic E-state index is 0.0247. The molecule has 0 radical (unpaired) electrons. The third kappa shape index (κ3) is 5.23. The fourth-order valence-electron chi connectivity index (χ4n) is 2.50. The molecule has 0 unspecified atom stereocenters. The van der Waals surface area contributed by atoms with Gasteiger partial charge in [0.15, 0.2) is 0 Å². The van der Waals surface area contributed by atoms with Crippen LogP contribution in [0.1, 0.15) is 32.4 Å². The van der Waals surface area contributed by atoms with Crippen LogP contribution in [0.15, 0.2) is 29.6 Å². The molecule has 1 N–H and O–H groups in total. The van der Waals surface area contributed by atoms with Gasteiger partial charge in [-0.2, -0.15) is 0 Å². The zero-order valence-corrected chi connectivity index (χ0v) is 14.5. The maximum absolute atomic E-state index is 12.9. The van der Waals surface area contributed by atoms with E-state index in [0.717, 1.165) is 10.6 Å². The van der Waals surface area contributed by atoms with Gasteiger partial charge < -0.3 is 5.11 Å². The summed E-state index contributed by atoms with van der Waals surface area (Å²) in [4.78, 5) is 27.8. The number of aromatic nitrogens is 1. The van der Waals surface area contributed by atoms with Crippen LogP contribution >= 0.6 is 11.3 Å². The summed E-state index contributed by atoms with van der Waals surface area (Å²) in [5, 5.41) is 11.7. The second kappa shape index (κ2) is 8.15. The standard InChI is InChI=1S/C18H20FNO3S/c1-11(2)7-13(18(22)23)8-16(21)9-15-10-24-17(20-15)12-3-5-14(19)6-4-12/h3-6,10-11,13H,7-9H2,1-2H3,(H,22,23)/t13-/m1/s1. The molecule has 2 rings (SSSR count). The highest BCUT2D eigenvalue weighted by Gasteiger charge is 2.22. The van der Waals surface area contributed by atoms with Gasteiger partial charge in [-0.05, 0) is 36.6 Å². The molecular weight excluding hydrogens is 329 g/mol. The van der Waals surface area contributed by atoms with Gasteiger partial charge in [0.25, 0.3) is 0 Å². The predicted octanol–water partition coefficient (Wildman–Crippen LogP) is 4.20. The van der Waals surface area contributed by atoms with E-state index in [1.165, 1.54) is 23.5 Å². The van der Waals surface area contributed by atoms with E-state index in [1.54, 1.807) is 17.5 Å². The fraction of sp³-hybridized carbons (Fsp3) is 0.389. The van der Waals surface area contributed by atoms with Crippen molar-refractivity contribution in [3.8, 4) is 10.6 Å². The van der Waals surface area contributed by atoms with Crippen LogP contribution in [0.25, 0.3) is 10.6 Å². The Morgan fingerprint density at radius 1 is 1.25 bits per heavy atom. The number of halogens is 1. The fourth-order valence-corrected chi connectivity index (χ4v) is 3.33. The largest absolute Gasteiger partial charge is 0.481 e. The highest BCUT2D eigenvalue weighted by atomic mass is 32.1. The summed E-state index contributed by atoms with van der Waals surface area (Å²) >= 11 is 1.38. The summed E-state index contributed by atoms with van der Waals surface area (Å²) in [7, 11) is 0. The van der Waals surface area contributed by atoms with Crippen LogP contribution in [0.5, 0.6) is 0 Å². The molecule has 0 amide bonds. The number of benzene rings is 1. The first-order chi connectivity index (χ1) is 11.3. The van der Waals surface area contributed by atoms with E-state index in [9.17, 15) is 19.1 Å². The van der Waals surface area contributed by atoms with Gasteiger partial charge >= 0.3 is 5.97 Å². The molecule has 1 atom stereocenters. The first-order valence-electron chi connectivity index (χ1n) is 7.80.